The number of hydrogen-bond acceptors (Lipinski definition) is 3. The predicted octanol–water partition coefficient (Wildman–Crippen LogP) is 3.44. The first kappa shape index (κ1) is 17.2. The highest BCUT2D eigenvalue weighted by Crippen LogP contribution is 2.33. The van der Waals surface area contributed by atoms with Gasteiger partial charge in [0.2, 0.25) is 0 Å². The Bertz CT molecular complexity index is 281. The maximum absolute atomic E-state index is 5.65. The molecule has 1 saturated heterocycles. The van der Waals surface area contributed by atoms with Crippen LogP contribution in [0.4, 0.5) is 0 Å². The average Bonchev–Trinajstić information content (AvgIpc) is 2.53. The topological polar surface area (TPSA) is 24.5 Å². The van der Waals surface area contributed by atoms with E-state index < -0.39 is 0 Å². The standard InChI is InChI=1S/C18H36N2O/c1-4-20(17-8-6-5-7-9-17)15-18(14-19-16(2)3)10-12-21-13-11-18/h16-17,19H,4-15H2,1-3H3. The van der Waals surface area contributed by atoms with Crippen molar-refractivity contribution in [3.05, 3.63) is 0 Å². The van der Waals surface area contributed by atoms with E-state index >= 15 is 0 Å². The summed E-state index contributed by atoms with van der Waals surface area (Å²) in [5.41, 5.74) is 0.427. The predicted molar refractivity (Wildman–Crippen MR) is 89.7 cm³/mol. The summed E-state index contributed by atoms with van der Waals surface area (Å²) in [7, 11) is 0. The van der Waals surface area contributed by atoms with Gasteiger partial charge < -0.3 is 15.0 Å². The Kier molecular flexibility index (Phi) is 6.97. The number of ether oxygens (including phenoxy) is 1. The molecule has 124 valence electrons. The Labute approximate surface area is 131 Å². The van der Waals surface area contributed by atoms with Crippen molar-refractivity contribution in [1.82, 2.24) is 10.2 Å². The van der Waals surface area contributed by atoms with Gasteiger partial charge in [0, 0.05) is 38.4 Å². The highest BCUT2D eigenvalue weighted by Gasteiger charge is 2.36. The molecular weight excluding hydrogens is 260 g/mol. The number of nitrogens with one attached hydrogen (secondary N) is 1. The van der Waals surface area contributed by atoms with Gasteiger partial charge in [-0.1, -0.05) is 40.0 Å². The van der Waals surface area contributed by atoms with Gasteiger partial charge in [0.1, 0.15) is 0 Å². The lowest BCUT2D eigenvalue weighted by Gasteiger charge is -2.44. The van der Waals surface area contributed by atoms with Gasteiger partial charge in [0.05, 0.1) is 0 Å². The molecule has 2 aliphatic rings. The van der Waals surface area contributed by atoms with E-state index in [0.717, 1.165) is 25.8 Å². The van der Waals surface area contributed by atoms with Crippen molar-refractivity contribution in [1.29, 1.82) is 0 Å². The fraction of sp³-hybridized carbons (Fsp3) is 1.00. The maximum Gasteiger partial charge on any atom is 0.0472 e. The van der Waals surface area contributed by atoms with Gasteiger partial charge in [-0.2, -0.15) is 0 Å². The minimum absolute atomic E-state index is 0.427. The summed E-state index contributed by atoms with van der Waals surface area (Å²) in [6.07, 6.45) is 9.58. The molecule has 0 aromatic heterocycles. The van der Waals surface area contributed by atoms with E-state index in [9.17, 15) is 0 Å². The van der Waals surface area contributed by atoms with Gasteiger partial charge in [-0.25, -0.2) is 0 Å². The molecule has 0 spiro atoms. The molecule has 1 aliphatic heterocycles. The first-order chi connectivity index (χ1) is 10.2. The van der Waals surface area contributed by atoms with Gasteiger partial charge in [-0.3, -0.25) is 0 Å². The molecule has 0 bridgehead atoms. The van der Waals surface area contributed by atoms with Crippen LogP contribution < -0.4 is 5.32 Å². The smallest absolute Gasteiger partial charge is 0.0472 e. The zero-order chi connectivity index (χ0) is 15.1. The fourth-order valence-corrected chi connectivity index (χ4v) is 3.99. The molecule has 21 heavy (non-hydrogen) atoms. The molecule has 0 atom stereocenters. The molecule has 0 radical (unpaired) electrons. The van der Waals surface area contributed by atoms with Crippen molar-refractivity contribution in [3.63, 3.8) is 0 Å². The van der Waals surface area contributed by atoms with Gasteiger partial charge in [0.15, 0.2) is 0 Å². The second-order valence-corrected chi connectivity index (χ2v) is 7.50. The van der Waals surface area contributed by atoms with Crippen LogP contribution in [0.5, 0.6) is 0 Å². The van der Waals surface area contributed by atoms with Crippen LogP contribution in [0.2, 0.25) is 0 Å². The van der Waals surface area contributed by atoms with E-state index in [0.29, 0.717) is 11.5 Å². The van der Waals surface area contributed by atoms with Crippen molar-refractivity contribution in [2.75, 3.05) is 32.8 Å². The Balaban J connectivity index is 1.97. The molecule has 0 amide bonds. The van der Waals surface area contributed by atoms with E-state index in [4.69, 9.17) is 4.74 Å². The quantitative estimate of drug-likeness (QED) is 0.779. The molecule has 0 aromatic carbocycles. The van der Waals surface area contributed by atoms with Crippen LogP contribution in [0, 0.1) is 5.41 Å². The molecule has 0 unspecified atom stereocenters. The van der Waals surface area contributed by atoms with E-state index in [1.807, 2.05) is 0 Å². The highest BCUT2D eigenvalue weighted by molar-refractivity contribution is 4.89. The van der Waals surface area contributed by atoms with Gasteiger partial charge in [0.25, 0.3) is 0 Å². The van der Waals surface area contributed by atoms with Gasteiger partial charge >= 0.3 is 0 Å². The van der Waals surface area contributed by atoms with Crippen molar-refractivity contribution in [2.45, 2.75) is 77.8 Å². The molecule has 1 heterocycles. The second kappa shape index (κ2) is 8.50. The van der Waals surface area contributed by atoms with Crippen molar-refractivity contribution < 1.29 is 4.74 Å². The Hall–Kier alpha value is -0.120. The molecule has 2 fully saturated rings. The Morgan fingerprint density at radius 2 is 1.81 bits per heavy atom. The molecule has 1 aliphatic carbocycles. The molecule has 3 nitrogen and oxygen atoms in total. The summed E-state index contributed by atoms with van der Waals surface area (Å²) < 4.78 is 5.65. The van der Waals surface area contributed by atoms with E-state index in [1.165, 1.54) is 58.0 Å². The number of nitrogens with zero attached hydrogens (tertiary/aromatic N) is 1. The maximum atomic E-state index is 5.65. The Morgan fingerprint density at radius 1 is 1.14 bits per heavy atom. The first-order valence-electron chi connectivity index (χ1n) is 9.20. The largest absolute Gasteiger partial charge is 0.381 e. The summed E-state index contributed by atoms with van der Waals surface area (Å²) >= 11 is 0. The summed E-state index contributed by atoms with van der Waals surface area (Å²) in [5.74, 6) is 0. The monoisotopic (exact) mass is 296 g/mol. The minimum Gasteiger partial charge on any atom is -0.381 e. The van der Waals surface area contributed by atoms with E-state index in [-0.39, 0.29) is 0 Å². The molecular formula is C18H36N2O. The molecule has 2 rings (SSSR count). The van der Waals surface area contributed by atoms with Crippen molar-refractivity contribution >= 4 is 0 Å². The van der Waals surface area contributed by atoms with Crippen LogP contribution in [-0.2, 0) is 4.74 Å². The minimum atomic E-state index is 0.427. The third-order valence-corrected chi connectivity index (χ3v) is 5.47. The Morgan fingerprint density at radius 3 is 2.38 bits per heavy atom. The molecule has 3 heteroatoms. The summed E-state index contributed by atoms with van der Waals surface area (Å²) in [6.45, 7) is 12.4. The van der Waals surface area contributed by atoms with Crippen molar-refractivity contribution in [2.24, 2.45) is 5.41 Å². The highest BCUT2D eigenvalue weighted by atomic mass is 16.5. The van der Waals surface area contributed by atoms with Crippen LogP contribution in [0.1, 0.15) is 65.7 Å². The first-order valence-corrected chi connectivity index (χ1v) is 9.20. The van der Waals surface area contributed by atoms with Crippen LogP contribution >= 0.6 is 0 Å². The van der Waals surface area contributed by atoms with Crippen LogP contribution in [0.25, 0.3) is 0 Å². The van der Waals surface area contributed by atoms with Crippen LogP contribution in [-0.4, -0.2) is 49.8 Å². The zero-order valence-corrected chi connectivity index (χ0v) is 14.5. The van der Waals surface area contributed by atoms with E-state index in [1.54, 1.807) is 0 Å². The normalized spacial score (nSPS) is 23.9. The van der Waals surface area contributed by atoms with Crippen LogP contribution in [0.3, 0.4) is 0 Å². The molecule has 1 saturated carbocycles. The lowest BCUT2D eigenvalue weighted by molar-refractivity contribution is -0.0148. The number of hydrogen-bond donors (Lipinski definition) is 1. The van der Waals surface area contributed by atoms with Gasteiger partial charge in [-0.15, -0.1) is 0 Å². The van der Waals surface area contributed by atoms with Crippen LogP contribution in [0.15, 0.2) is 0 Å². The third-order valence-electron chi connectivity index (χ3n) is 5.47. The second-order valence-electron chi connectivity index (χ2n) is 7.50. The van der Waals surface area contributed by atoms with Crippen molar-refractivity contribution in [3.8, 4) is 0 Å². The average molecular weight is 296 g/mol. The summed E-state index contributed by atoms with van der Waals surface area (Å²) in [5, 5.41) is 3.71. The fourth-order valence-electron chi connectivity index (χ4n) is 3.99. The number of rotatable bonds is 7. The summed E-state index contributed by atoms with van der Waals surface area (Å²) in [6, 6.07) is 1.41. The molecule has 1 N–H and O–H groups in total. The summed E-state index contributed by atoms with van der Waals surface area (Å²) in [4.78, 5) is 2.78. The lowest BCUT2D eigenvalue weighted by atomic mass is 9.78. The van der Waals surface area contributed by atoms with Gasteiger partial charge in [-0.05, 0) is 37.6 Å². The zero-order valence-electron chi connectivity index (χ0n) is 14.5. The lowest BCUT2D eigenvalue weighted by Crippen LogP contribution is -2.51. The third kappa shape index (κ3) is 5.22. The van der Waals surface area contributed by atoms with E-state index in [2.05, 4.69) is 31.0 Å². The SMILES string of the molecule is CCN(CC1(CNC(C)C)CCOCC1)C1CCCCC1. The molecule has 0 aromatic rings.